The van der Waals surface area contributed by atoms with Gasteiger partial charge < -0.3 is 19.0 Å². The molecule has 1 spiro atoms. The first-order chi connectivity index (χ1) is 8.66. The Balaban J connectivity index is 2.05. The Morgan fingerprint density at radius 3 is 2.33 bits per heavy atom. The summed E-state index contributed by atoms with van der Waals surface area (Å²) in [4.78, 5) is 22.9. The van der Waals surface area contributed by atoms with E-state index >= 15 is 0 Å². The van der Waals surface area contributed by atoms with Crippen LogP contribution >= 0.6 is 0 Å². The zero-order chi connectivity index (χ0) is 13.1. The molecule has 1 heterocycles. The van der Waals surface area contributed by atoms with E-state index in [0.717, 1.165) is 6.29 Å². The first-order valence-corrected chi connectivity index (χ1v) is 6.55. The number of hydrogen-bond acceptors (Lipinski definition) is 5. The fourth-order valence-electron chi connectivity index (χ4n) is 2.83. The van der Waals surface area contributed by atoms with Gasteiger partial charge in [0.05, 0.1) is 25.2 Å². The molecule has 2 aliphatic rings. The number of carbonyl (C=O) groups is 2. The van der Waals surface area contributed by atoms with Crippen LogP contribution in [0.4, 0.5) is 0 Å². The normalized spacial score (nSPS) is 24.9. The van der Waals surface area contributed by atoms with Crippen molar-refractivity contribution in [1.29, 1.82) is 0 Å². The second-order valence-corrected chi connectivity index (χ2v) is 4.98. The number of aldehydes is 1. The highest BCUT2D eigenvalue weighted by Gasteiger charge is 2.50. The predicted octanol–water partition coefficient (Wildman–Crippen LogP) is 1.44. The molecule has 18 heavy (non-hydrogen) atoms. The van der Waals surface area contributed by atoms with Gasteiger partial charge in [-0.3, -0.25) is 4.79 Å². The highest BCUT2D eigenvalue weighted by Crippen LogP contribution is 2.46. The van der Waals surface area contributed by atoms with Gasteiger partial charge >= 0.3 is 5.97 Å². The van der Waals surface area contributed by atoms with Crippen molar-refractivity contribution in [3.05, 3.63) is 0 Å². The lowest BCUT2D eigenvalue weighted by atomic mass is 9.70. The molecule has 0 aromatic heterocycles. The number of rotatable bonds is 4. The SMILES string of the molecule is CCOC(=O)C1(CC=O)CCC2(CC1)OCCO2. The molecule has 0 aromatic rings. The van der Waals surface area contributed by atoms with Gasteiger partial charge in [-0.1, -0.05) is 0 Å². The topological polar surface area (TPSA) is 61.8 Å². The van der Waals surface area contributed by atoms with E-state index < -0.39 is 11.2 Å². The summed E-state index contributed by atoms with van der Waals surface area (Å²) in [5.41, 5.74) is -0.668. The zero-order valence-corrected chi connectivity index (χ0v) is 10.8. The summed E-state index contributed by atoms with van der Waals surface area (Å²) in [6.07, 6.45) is 3.52. The van der Waals surface area contributed by atoms with Gasteiger partial charge in [-0.2, -0.15) is 0 Å². The maximum absolute atomic E-state index is 12.1. The summed E-state index contributed by atoms with van der Waals surface area (Å²) in [5, 5.41) is 0. The van der Waals surface area contributed by atoms with Crippen molar-refractivity contribution < 1.29 is 23.8 Å². The number of ether oxygens (including phenoxy) is 3. The Hall–Kier alpha value is -0.940. The third-order valence-corrected chi connectivity index (χ3v) is 3.96. The molecule has 2 rings (SSSR count). The molecule has 102 valence electrons. The van der Waals surface area contributed by atoms with E-state index in [1.54, 1.807) is 6.92 Å². The van der Waals surface area contributed by atoms with Gasteiger partial charge in [-0.15, -0.1) is 0 Å². The first-order valence-electron chi connectivity index (χ1n) is 6.55. The molecule has 1 aliphatic carbocycles. The van der Waals surface area contributed by atoms with Crippen LogP contribution < -0.4 is 0 Å². The molecule has 0 atom stereocenters. The van der Waals surface area contributed by atoms with Gasteiger partial charge in [-0.25, -0.2) is 0 Å². The molecule has 5 heteroatoms. The van der Waals surface area contributed by atoms with Crippen molar-refractivity contribution in [3.8, 4) is 0 Å². The number of hydrogen-bond donors (Lipinski definition) is 0. The van der Waals surface area contributed by atoms with E-state index in [9.17, 15) is 9.59 Å². The van der Waals surface area contributed by atoms with Gasteiger partial charge in [0.1, 0.15) is 6.29 Å². The highest BCUT2D eigenvalue weighted by molar-refractivity contribution is 5.80. The van der Waals surface area contributed by atoms with E-state index in [2.05, 4.69) is 0 Å². The van der Waals surface area contributed by atoms with Crippen LogP contribution in [0, 0.1) is 5.41 Å². The van der Waals surface area contributed by atoms with Crippen LogP contribution in [0.15, 0.2) is 0 Å². The van der Waals surface area contributed by atoms with Crippen molar-refractivity contribution in [1.82, 2.24) is 0 Å². The van der Waals surface area contributed by atoms with Crippen molar-refractivity contribution in [2.45, 2.75) is 44.8 Å². The predicted molar refractivity (Wildman–Crippen MR) is 62.9 cm³/mol. The molecule has 5 nitrogen and oxygen atoms in total. The quantitative estimate of drug-likeness (QED) is 0.562. The summed E-state index contributed by atoms with van der Waals surface area (Å²) in [5.74, 6) is -0.774. The molecule has 0 bridgehead atoms. The fourth-order valence-corrected chi connectivity index (χ4v) is 2.83. The summed E-state index contributed by atoms with van der Waals surface area (Å²) < 4.78 is 16.4. The Bertz CT molecular complexity index is 309. The van der Waals surface area contributed by atoms with Crippen molar-refractivity contribution >= 4 is 12.3 Å². The molecular formula is C13H20O5. The summed E-state index contributed by atoms with van der Waals surface area (Å²) in [7, 11) is 0. The largest absolute Gasteiger partial charge is 0.466 e. The lowest BCUT2D eigenvalue weighted by molar-refractivity contribution is -0.199. The van der Waals surface area contributed by atoms with E-state index in [0.29, 0.717) is 45.5 Å². The van der Waals surface area contributed by atoms with E-state index in [4.69, 9.17) is 14.2 Å². The number of carbonyl (C=O) groups excluding carboxylic acids is 2. The molecular weight excluding hydrogens is 236 g/mol. The van der Waals surface area contributed by atoms with E-state index in [-0.39, 0.29) is 12.4 Å². The van der Waals surface area contributed by atoms with Gasteiger partial charge in [0, 0.05) is 19.3 Å². The Morgan fingerprint density at radius 1 is 1.22 bits per heavy atom. The Morgan fingerprint density at radius 2 is 1.83 bits per heavy atom. The van der Waals surface area contributed by atoms with Crippen LogP contribution in [-0.4, -0.2) is 37.9 Å². The lowest BCUT2D eigenvalue weighted by Gasteiger charge is -2.41. The highest BCUT2D eigenvalue weighted by atomic mass is 16.7. The van der Waals surface area contributed by atoms with E-state index in [1.807, 2.05) is 0 Å². The van der Waals surface area contributed by atoms with Gasteiger partial charge in [-0.05, 0) is 19.8 Å². The van der Waals surface area contributed by atoms with Crippen LogP contribution in [0.3, 0.4) is 0 Å². The van der Waals surface area contributed by atoms with Crippen molar-refractivity contribution in [2.24, 2.45) is 5.41 Å². The van der Waals surface area contributed by atoms with Crippen molar-refractivity contribution in [3.63, 3.8) is 0 Å². The van der Waals surface area contributed by atoms with Crippen LogP contribution in [-0.2, 0) is 23.8 Å². The third kappa shape index (κ3) is 2.42. The zero-order valence-electron chi connectivity index (χ0n) is 10.8. The second kappa shape index (κ2) is 5.36. The molecule has 2 fully saturated rings. The molecule has 1 saturated carbocycles. The minimum absolute atomic E-state index is 0.224. The van der Waals surface area contributed by atoms with Crippen LogP contribution in [0.2, 0.25) is 0 Å². The maximum Gasteiger partial charge on any atom is 0.312 e. The van der Waals surface area contributed by atoms with E-state index in [1.165, 1.54) is 0 Å². The maximum atomic E-state index is 12.1. The molecule has 1 saturated heterocycles. The summed E-state index contributed by atoms with van der Waals surface area (Å²) in [6, 6.07) is 0. The Kier molecular flexibility index (Phi) is 4.02. The molecule has 1 aliphatic heterocycles. The smallest absolute Gasteiger partial charge is 0.312 e. The monoisotopic (exact) mass is 256 g/mol. The standard InChI is InChI=1S/C13H20O5/c1-2-16-11(15)12(7-8-14)3-5-13(6-4-12)17-9-10-18-13/h8H,2-7,9-10H2,1H3. The van der Waals surface area contributed by atoms with Gasteiger partial charge in [0.2, 0.25) is 0 Å². The molecule has 0 amide bonds. The van der Waals surface area contributed by atoms with Crippen LogP contribution in [0.1, 0.15) is 39.0 Å². The third-order valence-electron chi connectivity index (χ3n) is 3.96. The second-order valence-electron chi connectivity index (χ2n) is 4.98. The van der Waals surface area contributed by atoms with Crippen molar-refractivity contribution in [2.75, 3.05) is 19.8 Å². The average Bonchev–Trinajstić information content (AvgIpc) is 2.82. The van der Waals surface area contributed by atoms with Crippen LogP contribution in [0.25, 0.3) is 0 Å². The van der Waals surface area contributed by atoms with Crippen LogP contribution in [0.5, 0.6) is 0 Å². The fraction of sp³-hybridized carbons (Fsp3) is 0.846. The summed E-state index contributed by atoms with van der Waals surface area (Å²) >= 11 is 0. The number of esters is 1. The summed E-state index contributed by atoms with van der Waals surface area (Å²) in [6.45, 7) is 3.35. The van der Waals surface area contributed by atoms with Gasteiger partial charge in [0.25, 0.3) is 0 Å². The molecule has 0 aromatic carbocycles. The molecule has 0 radical (unpaired) electrons. The average molecular weight is 256 g/mol. The van der Waals surface area contributed by atoms with Gasteiger partial charge in [0.15, 0.2) is 5.79 Å². The first kappa shape index (κ1) is 13.5. The minimum atomic E-state index is -0.668. The molecule has 0 N–H and O–H groups in total. The molecule has 0 unspecified atom stereocenters. The minimum Gasteiger partial charge on any atom is -0.466 e. The lowest BCUT2D eigenvalue weighted by Crippen LogP contribution is -2.44. The Labute approximate surface area is 107 Å².